The van der Waals surface area contributed by atoms with Crippen LogP contribution >= 0.6 is 31.9 Å². The van der Waals surface area contributed by atoms with Gasteiger partial charge in [0.2, 0.25) is 0 Å². The minimum absolute atomic E-state index is 0.744. The SMILES string of the molecule is CC(O)(CCN1CCNCC1)c1ccc(-c2ccc(Br)cc2Br)cc1. The quantitative estimate of drug-likeness (QED) is 0.684. The topological polar surface area (TPSA) is 35.5 Å². The van der Waals surface area contributed by atoms with E-state index in [1.165, 1.54) is 0 Å². The van der Waals surface area contributed by atoms with Crippen molar-refractivity contribution in [2.45, 2.75) is 18.9 Å². The van der Waals surface area contributed by atoms with E-state index in [1.807, 2.05) is 31.2 Å². The molecule has 1 aliphatic heterocycles. The Morgan fingerprint density at radius 3 is 2.40 bits per heavy atom. The number of halogens is 2. The maximum atomic E-state index is 10.9. The van der Waals surface area contributed by atoms with Gasteiger partial charge in [-0.05, 0) is 42.2 Å². The van der Waals surface area contributed by atoms with Gasteiger partial charge in [0.25, 0.3) is 0 Å². The van der Waals surface area contributed by atoms with E-state index in [0.29, 0.717) is 0 Å². The second-order valence-corrected chi connectivity index (χ2v) is 8.59. The Hall–Kier alpha value is -0.720. The van der Waals surface area contributed by atoms with Crippen molar-refractivity contribution in [3.05, 3.63) is 57.0 Å². The summed E-state index contributed by atoms with van der Waals surface area (Å²) in [5.74, 6) is 0. The molecule has 1 atom stereocenters. The monoisotopic (exact) mass is 466 g/mol. The molecule has 0 aliphatic carbocycles. The van der Waals surface area contributed by atoms with Crippen molar-refractivity contribution in [3.63, 3.8) is 0 Å². The Morgan fingerprint density at radius 1 is 1.08 bits per heavy atom. The summed E-state index contributed by atoms with van der Waals surface area (Å²) in [6.07, 6.45) is 0.744. The second kappa shape index (κ2) is 8.31. The first kappa shape index (κ1) is 19.1. The largest absolute Gasteiger partial charge is 0.385 e. The first-order chi connectivity index (χ1) is 12.0. The first-order valence-corrected chi connectivity index (χ1v) is 10.3. The number of hydrogen-bond acceptors (Lipinski definition) is 3. The number of rotatable bonds is 5. The third kappa shape index (κ3) is 4.92. The lowest BCUT2D eigenvalue weighted by Crippen LogP contribution is -2.45. The van der Waals surface area contributed by atoms with E-state index in [9.17, 15) is 5.11 Å². The maximum Gasteiger partial charge on any atom is 0.0880 e. The van der Waals surface area contributed by atoms with Gasteiger partial charge in [-0.1, -0.05) is 62.2 Å². The maximum absolute atomic E-state index is 10.9. The van der Waals surface area contributed by atoms with Crippen molar-refractivity contribution in [2.75, 3.05) is 32.7 Å². The van der Waals surface area contributed by atoms with E-state index in [1.54, 1.807) is 0 Å². The third-order valence-electron chi connectivity index (χ3n) is 4.87. The lowest BCUT2D eigenvalue weighted by Gasteiger charge is -2.31. The van der Waals surface area contributed by atoms with Crippen LogP contribution < -0.4 is 5.32 Å². The molecular formula is C20H24Br2N2O. The minimum atomic E-state index is -0.805. The zero-order chi connectivity index (χ0) is 17.9. The van der Waals surface area contributed by atoms with Gasteiger partial charge < -0.3 is 15.3 Å². The zero-order valence-electron chi connectivity index (χ0n) is 14.4. The van der Waals surface area contributed by atoms with Gasteiger partial charge in [0, 0.05) is 41.7 Å². The summed E-state index contributed by atoms with van der Waals surface area (Å²) in [5.41, 5.74) is 2.45. The number of benzene rings is 2. The van der Waals surface area contributed by atoms with Crippen molar-refractivity contribution < 1.29 is 5.11 Å². The van der Waals surface area contributed by atoms with E-state index >= 15 is 0 Å². The van der Waals surface area contributed by atoms with Crippen LogP contribution in [0.5, 0.6) is 0 Å². The van der Waals surface area contributed by atoms with Crippen molar-refractivity contribution in [1.82, 2.24) is 10.2 Å². The average molecular weight is 468 g/mol. The lowest BCUT2D eigenvalue weighted by atomic mass is 9.90. The first-order valence-electron chi connectivity index (χ1n) is 8.67. The summed E-state index contributed by atoms with van der Waals surface area (Å²) in [7, 11) is 0. The molecule has 1 aliphatic rings. The number of hydrogen-bond donors (Lipinski definition) is 2. The Bertz CT molecular complexity index is 710. The van der Waals surface area contributed by atoms with Crippen molar-refractivity contribution >= 4 is 31.9 Å². The van der Waals surface area contributed by atoms with Crippen LogP contribution in [0.25, 0.3) is 11.1 Å². The van der Waals surface area contributed by atoms with E-state index < -0.39 is 5.60 Å². The Kier molecular flexibility index (Phi) is 6.34. The molecule has 0 radical (unpaired) electrons. The van der Waals surface area contributed by atoms with Crippen molar-refractivity contribution in [2.24, 2.45) is 0 Å². The summed E-state index contributed by atoms with van der Waals surface area (Å²) in [5, 5.41) is 14.3. The third-order valence-corrected chi connectivity index (χ3v) is 6.02. The number of piperazine rings is 1. The summed E-state index contributed by atoms with van der Waals surface area (Å²) < 4.78 is 2.11. The molecular weight excluding hydrogens is 444 g/mol. The predicted molar refractivity (Wildman–Crippen MR) is 111 cm³/mol. The molecule has 2 aromatic rings. The van der Waals surface area contributed by atoms with Gasteiger partial charge in [0.05, 0.1) is 5.60 Å². The zero-order valence-corrected chi connectivity index (χ0v) is 17.6. The predicted octanol–water partition coefficient (Wildman–Crippen LogP) is 4.38. The molecule has 3 rings (SSSR count). The summed E-state index contributed by atoms with van der Waals surface area (Å²) in [4.78, 5) is 2.41. The lowest BCUT2D eigenvalue weighted by molar-refractivity contribution is 0.0345. The summed E-state index contributed by atoms with van der Waals surface area (Å²) in [6.45, 7) is 7.05. The molecule has 2 N–H and O–H groups in total. The highest BCUT2D eigenvalue weighted by Gasteiger charge is 2.24. The van der Waals surface area contributed by atoms with E-state index in [-0.39, 0.29) is 0 Å². The summed E-state index contributed by atoms with van der Waals surface area (Å²) in [6, 6.07) is 14.4. The minimum Gasteiger partial charge on any atom is -0.385 e. The van der Waals surface area contributed by atoms with Crippen LogP contribution in [0.1, 0.15) is 18.9 Å². The molecule has 25 heavy (non-hydrogen) atoms. The highest BCUT2D eigenvalue weighted by molar-refractivity contribution is 9.11. The number of nitrogens with zero attached hydrogens (tertiary/aromatic N) is 1. The average Bonchev–Trinajstić information content (AvgIpc) is 2.61. The van der Waals surface area contributed by atoms with Crippen LogP contribution in [0.4, 0.5) is 0 Å². The summed E-state index contributed by atoms with van der Waals surface area (Å²) >= 11 is 7.11. The Balaban J connectivity index is 1.69. The fourth-order valence-corrected chi connectivity index (χ4v) is 4.46. The van der Waals surface area contributed by atoms with Gasteiger partial charge in [0.1, 0.15) is 0 Å². The normalized spacial score (nSPS) is 18.1. The molecule has 2 aromatic carbocycles. The fourth-order valence-electron chi connectivity index (χ4n) is 3.19. The van der Waals surface area contributed by atoms with E-state index in [0.717, 1.165) is 64.8 Å². The molecule has 5 heteroatoms. The molecule has 0 saturated carbocycles. The highest BCUT2D eigenvalue weighted by Crippen LogP contribution is 2.33. The van der Waals surface area contributed by atoms with Crippen LogP contribution in [-0.2, 0) is 5.60 Å². The molecule has 1 unspecified atom stereocenters. The van der Waals surface area contributed by atoms with Gasteiger partial charge in [-0.15, -0.1) is 0 Å². The van der Waals surface area contributed by atoms with E-state index in [4.69, 9.17) is 0 Å². The van der Waals surface area contributed by atoms with Gasteiger partial charge in [-0.3, -0.25) is 0 Å². The molecule has 0 spiro atoms. The molecule has 0 bridgehead atoms. The van der Waals surface area contributed by atoms with Gasteiger partial charge in [0.15, 0.2) is 0 Å². The molecule has 134 valence electrons. The van der Waals surface area contributed by atoms with Crippen LogP contribution in [0.15, 0.2) is 51.4 Å². The smallest absolute Gasteiger partial charge is 0.0880 e. The molecule has 0 amide bonds. The molecule has 3 nitrogen and oxygen atoms in total. The van der Waals surface area contributed by atoms with Crippen molar-refractivity contribution in [3.8, 4) is 11.1 Å². The second-order valence-electron chi connectivity index (χ2n) is 6.82. The fraction of sp³-hybridized carbons (Fsp3) is 0.400. The van der Waals surface area contributed by atoms with Gasteiger partial charge in [-0.2, -0.15) is 0 Å². The van der Waals surface area contributed by atoms with Gasteiger partial charge >= 0.3 is 0 Å². The van der Waals surface area contributed by atoms with E-state index in [2.05, 4.69) is 60.3 Å². The Labute approximate surface area is 166 Å². The van der Waals surface area contributed by atoms with Crippen molar-refractivity contribution in [1.29, 1.82) is 0 Å². The number of aliphatic hydroxyl groups is 1. The molecule has 1 fully saturated rings. The Morgan fingerprint density at radius 2 is 1.76 bits per heavy atom. The standard InChI is InChI=1S/C20H24Br2N2O/c1-20(25,8-11-24-12-9-23-10-13-24)16-4-2-15(3-5-16)18-7-6-17(21)14-19(18)22/h2-7,14,23,25H,8-13H2,1H3. The van der Waals surface area contributed by atoms with Crippen LogP contribution in [0, 0.1) is 0 Å². The number of nitrogens with one attached hydrogen (secondary N) is 1. The molecule has 0 aromatic heterocycles. The van der Waals surface area contributed by atoms with Crippen LogP contribution in [0.3, 0.4) is 0 Å². The molecule has 1 saturated heterocycles. The van der Waals surface area contributed by atoms with Crippen LogP contribution in [0.2, 0.25) is 0 Å². The van der Waals surface area contributed by atoms with Gasteiger partial charge in [-0.25, -0.2) is 0 Å². The van der Waals surface area contributed by atoms with Crippen LogP contribution in [-0.4, -0.2) is 42.7 Å². The molecule has 1 heterocycles. The highest BCUT2D eigenvalue weighted by atomic mass is 79.9.